The molecule has 0 amide bonds. The molecular weight excluding hydrogens is 353 g/mol. The van der Waals surface area contributed by atoms with Gasteiger partial charge in [0.1, 0.15) is 5.02 Å². The van der Waals surface area contributed by atoms with E-state index < -0.39 is 0 Å². The molecular formula is C17H17Cl2NO4. The summed E-state index contributed by atoms with van der Waals surface area (Å²) in [5, 5.41) is 9.70. The fraction of sp³-hybridized carbons (Fsp3) is 0.294. The summed E-state index contributed by atoms with van der Waals surface area (Å²) in [6.45, 7) is 0.0484. The highest BCUT2D eigenvalue weighted by Gasteiger charge is 2.12. The average Bonchev–Trinajstić information content (AvgIpc) is 2.59. The molecule has 0 fully saturated rings. The molecule has 1 aromatic carbocycles. The van der Waals surface area contributed by atoms with Crippen LogP contribution in [0.2, 0.25) is 10.0 Å². The first-order chi connectivity index (χ1) is 11.5. The van der Waals surface area contributed by atoms with Gasteiger partial charge in [-0.3, -0.25) is 4.79 Å². The molecule has 0 atom stereocenters. The Balaban J connectivity index is 2.07. The summed E-state index contributed by atoms with van der Waals surface area (Å²) in [4.78, 5) is 23.5. The van der Waals surface area contributed by atoms with Crippen LogP contribution in [0.1, 0.15) is 28.0 Å². The van der Waals surface area contributed by atoms with Crippen molar-refractivity contribution in [3.8, 4) is 0 Å². The number of pyridine rings is 1. The van der Waals surface area contributed by atoms with Crippen LogP contribution in [0.15, 0.2) is 35.1 Å². The van der Waals surface area contributed by atoms with Crippen LogP contribution < -0.4 is 5.56 Å². The van der Waals surface area contributed by atoms with Crippen molar-refractivity contribution in [2.24, 2.45) is 0 Å². The van der Waals surface area contributed by atoms with Crippen LogP contribution >= 0.6 is 23.2 Å². The number of aromatic nitrogens is 1. The lowest BCUT2D eigenvalue weighted by molar-refractivity contribution is 0.0600. The van der Waals surface area contributed by atoms with Gasteiger partial charge in [-0.2, -0.15) is 0 Å². The number of aliphatic hydroxyl groups is 1. The number of hydrogen-bond acceptors (Lipinski definition) is 4. The molecule has 0 aliphatic carbocycles. The zero-order valence-corrected chi connectivity index (χ0v) is 14.6. The van der Waals surface area contributed by atoms with Crippen molar-refractivity contribution in [2.45, 2.75) is 26.0 Å². The van der Waals surface area contributed by atoms with Crippen molar-refractivity contribution in [3.05, 3.63) is 67.6 Å². The summed E-state index contributed by atoms with van der Waals surface area (Å²) in [6, 6.07) is 8.42. The Morgan fingerprint density at radius 1 is 1.21 bits per heavy atom. The lowest BCUT2D eigenvalue weighted by atomic mass is 10.1. The summed E-state index contributed by atoms with van der Waals surface area (Å²) in [6.07, 6.45) is 1.35. The lowest BCUT2D eigenvalue weighted by Crippen LogP contribution is -2.24. The van der Waals surface area contributed by atoms with Gasteiger partial charge in [0.2, 0.25) is 0 Å². The van der Waals surface area contributed by atoms with Crippen molar-refractivity contribution in [2.75, 3.05) is 7.11 Å². The zero-order chi connectivity index (χ0) is 17.7. The van der Waals surface area contributed by atoms with Gasteiger partial charge in [-0.25, -0.2) is 4.79 Å². The van der Waals surface area contributed by atoms with Crippen LogP contribution in [0.25, 0.3) is 0 Å². The van der Waals surface area contributed by atoms with Crippen molar-refractivity contribution < 1.29 is 14.6 Å². The molecule has 0 saturated heterocycles. The summed E-state index contributed by atoms with van der Waals surface area (Å²) in [7, 11) is 1.34. The number of aliphatic hydroxyl groups excluding tert-OH is 1. The largest absolute Gasteiger partial charge is 0.465 e. The van der Waals surface area contributed by atoms with Gasteiger partial charge in [0.25, 0.3) is 5.56 Å². The SMILES string of the molecule is COC(=O)c1ccc(CCCn2c(CO)c(Cl)cc(Cl)c2=O)cc1. The average molecular weight is 370 g/mol. The first-order valence-corrected chi connectivity index (χ1v) is 8.09. The first kappa shape index (κ1) is 18.5. The highest BCUT2D eigenvalue weighted by molar-refractivity contribution is 6.34. The number of carbonyl (C=O) groups excluding carboxylic acids is 1. The molecule has 5 nitrogen and oxygen atoms in total. The van der Waals surface area contributed by atoms with E-state index in [1.54, 1.807) is 12.1 Å². The fourth-order valence-corrected chi connectivity index (χ4v) is 2.94. The van der Waals surface area contributed by atoms with Crippen molar-refractivity contribution in [1.82, 2.24) is 4.57 Å². The lowest BCUT2D eigenvalue weighted by Gasteiger charge is -2.13. The maximum atomic E-state index is 12.1. The van der Waals surface area contributed by atoms with Gasteiger partial charge >= 0.3 is 5.97 Å². The van der Waals surface area contributed by atoms with E-state index in [1.165, 1.54) is 17.7 Å². The summed E-state index contributed by atoms with van der Waals surface area (Å²) in [5.74, 6) is -0.380. The number of aryl methyl sites for hydroxylation is 1. The monoisotopic (exact) mass is 369 g/mol. The third-order valence-corrected chi connectivity index (χ3v) is 4.27. The minimum absolute atomic E-state index is 0.0274. The predicted molar refractivity (Wildman–Crippen MR) is 92.7 cm³/mol. The Bertz CT molecular complexity index is 784. The van der Waals surface area contributed by atoms with Crippen molar-refractivity contribution in [1.29, 1.82) is 0 Å². The van der Waals surface area contributed by atoms with E-state index >= 15 is 0 Å². The molecule has 1 N–H and O–H groups in total. The van der Waals surface area contributed by atoms with Crippen LogP contribution in [-0.2, 0) is 24.3 Å². The second kappa shape index (κ2) is 8.33. The number of benzene rings is 1. The van der Waals surface area contributed by atoms with E-state index in [4.69, 9.17) is 23.2 Å². The van der Waals surface area contributed by atoms with Crippen LogP contribution in [0.3, 0.4) is 0 Å². The molecule has 0 aliphatic heterocycles. The normalized spacial score (nSPS) is 10.7. The van der Waals surface area contributed by atoms with Gasteiger partial charge < -0.3 is 14.4 Å². The Labute approximate surface area is 149 Å². The van der Waals surface area contributed by atoms with E-state index in [0.717, 1.165) is 5.56 Å². The number of ether oxygens (including phenoxy) is 1. The van der Waals surface area contributed by atoms with Crippen LogP contribution in [-0.4, -0.2) is 22.8 Å². The van der Waals surface area contributed by atoms with Gasteiger partial charge in [-0.15, -0.1) is 0 Å². The fourth-order valence-electron chi connectivity index (χ4n) is 2.40. The maximum Gasteiger partial charge on any atom is 0.337 e. The Hall–Kier alpha value is -1.82. The molecule has 0 spiro atoms. The molecule has 2 rings (SSSR count). The first-order valence-electron chi connectivity index (χ1n) is 7.33. The molecule has 0 saturated carbocycles. The molecule has 1 heterocycles. The molecule has 2 aromatic rings. The summed E-state index contributed by atoms with van der Waals surface area (Å²) < 4.78 is 6.05. The Morgan fingerprint density at radius 3 is 2.46 bits per heavy atom. The van der Waals surface area contributed by atoms with Crippen molar-refractivity contribution in [3.63, 3.8) is 0 Å². The van der Waals surface area contributed by atoms with Gasteiger partial charge in [-0.1, -0.05) is 35.3 Å². The highest BCUT2D eigenvalue weighted by atomic mass is 35.5. The number of nitrogens with zero attached hydrogens (tertiary/aromatic N) is 1. The minimum Gasteiger partial charge on any atom is -0.465 e. The molecule has 0 bridgehead atoms. The zero-order valence-electron chi connectivity index (χ0n) is 13.1. The number of rotatable bonds is 6. The molecule has 24 heavy (non-hydrogen) atoms. The molecule has 7 heteroatoms. The third-order valence-electron chi connectivity index (χ3n) is 3.68. The van der Waals surface area contributed by atoms with Gasteiger partial charge in [0.15, 0.2) is 0 Å². The number of esters is 1. The summed E-state index contributed by atoms with van der Waals surface area (Å²) >= 11 is 11.9. The maximum absolute atomic E-state index is 12.1. The number of carbonyl (C=O) groups is 1. The van der Waals surface area contributed by atoms with Gasteiger partial charge in [0.05, 0.1) is 30.0 Å². The second-order valence-corrected chi connectivity index (χ2v) is 6.01. The number of hydrogen-bond donors (Lipinski definition) is 1. The van der Waals surface area contributed by atoms with Crippen LogP contribution in [0.4, 0.5) is 0 Å². The van der Waals surface area contributed by atoms with E-state index in [1.807, 2.05) is 12.1 Å². The van der Waals surface area contributed by atoms with E-state index in [9.17, 15) is 14.7 Å². The second-order valence-electron chi connectivity index (χ2n) is 5.19. The summed E-state index contributed by atoms with van der Waals surface area (Å²) in [5.41, 5.74) is 1.49. The van der Waals surface area contributed by atoms with Gasteiger partial charge in [-0.05, 0) is 36.6 Å². The van der Waals surface area contributed by atoms with Crippen LogP contribution in [0, 0.1) is 0 Å². The standard InChI is InChI=1S/C17H17Cl2NO4/c1-24-17(23)12-6-4-11(5-7-12)3-2-8-20-15(10-21)13(18)9-14(19)16(20)22/h4-7,9,21H,2-3,8,10H2,1H3. The molecule has 0 aliphatic rings. The predicted octanol–water partition coefficient (Wildman–Crippen LogP) is 3.07. The van der Waals surface area contributed by atoms with Gasteiger partial charge in [0, 0.05) is 6.54 Å². The Kier molecular flexibility index (Phi) is 6.43. The number of halogens is 2. The number of methoxy groups -OCH3 is 1. The van der Waals surface area contributed by atoms with E-state index in [2.05, 4.69) is 4.74 Å². The van der Waals surface area contributed by atoms with Crippen molar-refractivity contribution >= 4 is 29.2 Å². The quantitative estimate of drug-likeness (QED) is 0.794. The van der Waals surface area contributed by atoms with E-state index in [-0.39, 0.29) is 28.2 Å². The molecule has 128 valence electrons. The molecule has 0 radical (unpaired) electrons. The smallest absolute Gasteiger partial charge is 0.337 e. The minimum atomic E-state index is -0.380. The third kappa shape index (κ3) is 4.17. The van der Waals surface area contributed by atoms with Crippen LogP contribution in [0.5, 0.6) is 0 Å². The van der Waals surface area contributed by atoms with E-state index in [0.29, 0.717) is 30.6 Å². The topological polar surface area (TPSA) is 68.5 Å². The molecule has 0 unspecified atom stereocenters. The Morgan fingerprint density at radius 2 is 1.88 bits per heavy atom. The highest BCUT2D eigenvalue weighted by Crippen LogP contribution is 2.18. The molecule has 1 aromatic heterocycles.